The first-order valence-corrected chi connectivity index (χ1v) is 19.6. The molecular formula is C45H49FN6O7. The molecule has 2 aromatic carbocycles. The number of carbonyl (C=O) groups is 3. The number of piperidine rings is 1. The second-order valence-electron chi connectivity index (χ2n) is 17.6. The maximum Gasteiger partial charge on any atom is 0.435 e. The third-order valence-corrected chi connectivity index (χ3v) is 9.40. The number of likely N-dealkylation sites (tertiary alicyclic amines) is 1. The number of aromatic nitrogens is 5. The van der Waals surface area contributed by atoms with Crippen molar-refractivity contribution in [3.05, 3.63) is 85.2 Å². The molecular weight excluding hydrogens is 756 g/mol. The van der Waals surface area contributed by atoms with Gasteiger partial charge in [-0.3, -0.25) is 9.97 Å². The van der Waals surface area contributed by atoms with Crippen LogP contribution < -0.4 is 4.74 Å². The highest BCUT2D eigenvalue weighted by molar-refractivity contribution is 6.07. The van der Waals surface area contributed by atoms with Crippen LogP contribution in [0.1, 0.15) is 75.2 Å². The van der Waals surface area contributed by atoms with E-state index in [1.54, 1.807) is 95.4 Å². The Morgan fingerprint density at radius 2 is 1.31 bits per heavy atom. The number of benzene rings is 2. The number of carbonyl (C=O) groups excluding carboxylic acids is 3. The van der Waals surface area contributed by atoms with Crippen molar-refractivity contribution in [3.8, 4) is 39.4 Å². The summed E-state index contributed by atoms with van der Waals surface area (Å²) in [6.07, 6.45) is 5.78. The summed E-state index contributed by atoms with van der Waals surface area (Å²) in [7, 11) is 0. The van der Waals surface area contributed by atoms with E-state index >= 15 is 4.39 Å². The molecule has 1 amide bonds. The van der Waals surface area contributed by atoms with Gasteiger partial charge in [-0.1, -0.05) is 24.3 Å². The van der Waals surface area contributed by atoms with Crippen LogP contribution in [0.3, 0.4) is 0 Å². The Morgan fingerprint density at radius 3 is 1.98 bits per heavy atom. The fourth-order valence-corrected chi connectivity index (χ4v) is 6.94. The molecule has 0 atom stereocenters. The number of pyridine rings is 2. The third kappa shape index (κ3) is 9.06. The smallest absolute Gasteiger partial charge is 0.435 e. The lowest BCUT2D eigenvalue weighted by atomic mass is 10.0. The van der Waals surface area contributed by atoms with Crippen LogP contribution in [0.2, 0.25) is 0 Å². The van der Waals surface area contributed by atoms with Gasteiger partial charge in [0.2, 0.25) is 0 Å². The predicted molar refractivity (Wildman–Crippen MR) is 222 cm³/mol. The number of rotatable bonds is 5. The van der Waals surface area contributed by atoms with Gasteiger partial charge in [-0.15, -0.1) is 0 Å². The lowest BCUT2D eigenvalue weighted by Gasteiger charge is -2.33. The van der Waals surface area contributed by atoms with Gasteiger partial charge in [0.1, 0.15) is 40.2 Å². The molecule has 0 saturated carbocycles. The van der Waals surface area contributed by atoms with E-state index in [-0.39, 0.29) is 23.6 Å². The fourth-order valence-electron chi connectivity index (χ4n) is 6.94. The highest BCUT2D eigenvalue weighted by Crippen LogP contribution is 2.39. The summed E-state index contributed by atoms with van der Waals surface area (Å²) < 4.78 is 41.4. The van der Waals surface area contributed by atoms with Crippen LogP contribution in [0.25, 0.3) is 55.4 Å². The first-order valence-electron chi connectivity index (χ1n) is 19.6. The average molecular weight is 805 g/mol. The Bertz CT molecular complexity index is 2570. The van der Waals surface area contributed by atoms with Crippen LogP contribution in [0.5, 0.6) is 5.75 Å². The minimum Gasteiger partial charge on any atom is -0.489 e. The first kappa shape index (κ1) is 40.9. The van der Waals surface area contributed by atoms with Gasteiger partial charge in [0.25, 0.3) is 0 Å². The normalized spacial score (nSPS) is 14.1. The minimum absolute atomic E-state index is 0.134. The molecule has 6 aromatic rings. The molecule has 7 rings (SSSR count). The molecule has 1 saturated heterocycles. The summed E-state index contributed by atoms with van der Waals surface area (Å²) in [5.41, 5.74) is 1.27. The van der Waals surface area contributed by atoms with Gasteiger partial charge in [0, 0.05) is 65.8 Å². The number of hydrogen-bond donors (Lipinski definition) is 0. The molecule has 0 radical (unpaired) electrons. The number of nitrogens with zero attached hydrogens (tertiary/aromatic N) is 6. The van der Waals surface area contributed by atoms with Crippen molar-refractivity contribution in [1.82, 2.24) is 29.2 Å². The topological polar surface area (TPSA) is 140 Å². The number of hydrogen-bond acceptors (Lipinski definition) is 10. The summed E-state index contributed by atoms with van der Waals surface area (Å²) in [5.74, 6) is 0.102. The highest BCUT2D eigenvalue weighted by Gasteiger charge is 2.31. The zero-order valence-corrected chi connectivity index (χ0v) is 34.8. The molecule has 14 heteroatoms. The zero-order valence-electron chi connectivity index (χ0n) is 34.8. The summed E-state index contributed by atoms with van der Waals surface area (Å²) >= 11 is 0. The average Bonchev–Trinajstić information content (AvgIpc) is 3.72. The molecule has 1 aliphatic heterocycles. The molecule has 5 heterocycles. The molecule has 0 spiro atoms. The molecule has 13 nitrogen and oxygen atoms in total. The molecule has 0 N–H and O–H groups in total. The minimum atomic E-state index is -0.873. The van der Waals surface area contributed by atoms with E-state index in [1.807, 2.05) is 39.0 Å². The standard InChI is InChI=1S/C45H49FN6O7/c1-43(2,3)57-40(53)50-18-16-29(17-19-50)56-30-20-28(23-47-24-30)27-14-15-36-33(21-27)39(49-52(36)42(55)59-45(7,8)9)37-22-32-34(31-12-10-11-13-35(31)46)25-48-26-38(32)51(37)41(54)58-44(4,5)6/h10-15,20-26,29H,16-19H2,1-9H3. The molecule has 1 fully saturated rings. The van der Waals surface area contributed by atoms with Crippen molar-refractivity contribution >= 4 is 40.1 Å². The first-order chi connectivity index (χ1) is 27.7. The van der Waals surface area contributed by atoms with Crippen LogP contribution in [0, 0.1) is 5.82 Å². The summed E-state index contributed by atoms with van der Waals surface area (Å²) in [6, 6.07) is 15.4. The lowest BCUT2D eigenvalue weighted by molar-refractivity contribution is 0.0125. The number of ether oxygens (including phenoxy) is 4. The quantitative estimate of drug-likeness (QED) is 0.155. The van der Waals surface area contributed by atoms with Crippen molar-refractivity contribution in [2.45, 2.75) is 98.1 Å². The van der Waals surface area contributed by atoms with Crippen LogP contribution in [-0.4, -0.2) is 83.5 Å². The van der Waals surface area contributed by atoms with Crippen molar-refractivity contribution in [2.75, 3.05) is 13.1 Å². The van der Waals surface area contributed by atoms with Crippen molar-refractivity contribution in [3.63, 3.8) is 0 Å². The van der Waals surface area contributed by atoms with Crippen LogP contribution in [0.4, 0.5) is 18.8 Å². The Balaban J connectivity index is 1.32. The molecule has 1 aliphatic rings. The molecule has 0 aliphatic carbocycles. The highest BCUT2D eigenvalue weighted by atomic mass is 19.1. The van der Waals surface area contributed by atoms with Crippen LogP contribution in [-0.2, 0) is 14.2 Å². The Morgan fingerprint density at radius 1 is 0.661 bits per heavy atom. The van der Waals surface area contributed by atoms with E-state index in [0.29, 0.717) is 64.6 Å². The van der Waals surface area contributed by atoms with E-state index in [4.69, 9.17) is 24.0 Å². The van der Waals surface area contributed by atoms with Gasteiger partial charge in [-0.05, 0) is 98.2 Å². The van der Waals surface area contributed by atoms with E-state index in [2.05, 4.69) is 9.97 Å². The van der Waals surface area contributed by atoms with Crippen LogP contribution >= 0.6 is 0 Å². The van der Waals surface area contributed by atoms with E-state index < -0.39 is 34.8 Å². The number of amides is 1. The van der Waals surface area contributed by atoms with Crippen molar-refractivity contribution in [1.29, 1.82) is 0 Å². The molecule has 308 valence electrons. The van der Waals surface area contributed by atoms with Crippen LogP contribution in [0.15, 0.2) is 79.4 Å². The van der Waals surface area contributed by atoms with Gasteiger partial charge in [-0.2, -0.15) is 9.78 Å². The van der Waals surface area contributed by atoms with Crippen molar-refractivity contribution in [2.24, 2.45) is 0 Å². The van der Waals surface area contributed by atoms with E-state index in [0.717, 1.165) is 11.1 Å². The Kier molecular flexibility index (Phi) is 10.7. The third-order valence-electron chi connectivity index (χ3n) is 9.40. The second-order valence-corrected chi connectivity index (χ2v) is 17.6. The summed E-state index contributed by atoms with van der Waals surface area (Å²) in [6.45, 7) is 17.1. The van der Waals surface area contributed by atoms with Crippen molar-refractivity contribution < 1.29 is 37.7 Å². The van der Waals surface area contributed by atoms with Gasteiger partial charge in [0.05, 0.1) is 29.1 Å². The van der Waals surface area contributed by atoms with Gasteiger partial charge in [0.15, 0.2) is 0 Å². The summed E-state index contributed by atoms with van der Waals surface area (Å²) in [4.78, 5) is 51.1. The fraction of sp³-hybridized carbons (Fsp3) is 0.378. The van der Waals surface area contributed by atoms with Gasteiger partial charge in [-0.25, -0.2) is 23.3 Å². The lowest BCUT2D eigenvalue weighted by Crippen LogP contribution is -2.44. The predicted octanol–water partition coefficient (Wildman–Crippen LogP) is 10.3. The van der Waals surface area contributed by atoms with Gasteiger partial charge < -0.3 is 23.8 Å². The molecule has 0 unspecified atom stereocenters. The van der Waals surface area contributed by atoms with Gasteiger partial charge >= 0.3 is 18.3 Å². The molecule has 59 heavy (non-hydrogen) atoms. The monoisotopic (exact) mass is 804 g/mol. The molecule has 0 bridgehead atoms. The maximum atomic E-state index is 15.3. The second kappa shape index (κ2) is 15.5. The largest absolute Gasteiger partial charge is 0.489 e. The number of halogens is 1. The zero-order chi connectivity index (χ0) is 42.4. The van der Waals surface area contributed by atoms with E-state index in [1.165, 1.54) is 21.5 Å². The molecule has 4 aromatic heterocycles. The summed E-state index contributed by atoms with van der Waals surface area (Å²) in [5, 5.41) is 5.85. The maximum absolute atomic E-state index is 15.3. The Labute approximate surface area is 342 Å². The number of fused-ring (bicyclic) bond motifs is 2. The SMILES string of the molecule is CC(C)(C)OC(=O)N1CCC(Oc2cncc(-c3ccc4c(c3)c(-c3cc5c(-c6ccccc6F)cncc5n3C(=O)OC(C)(C)C)nn4C(=O)OC(C)(C)C)c2)CC1. The van der Waals surface area contributed by atoms with E-state index in [9.17, 15) is 14.4 Å². The Hall–Kier alpha value is -6.31.